The van der Waals surface area contributed by atoms with Gasteiger partial charge in [-0.05, 0) is 17.7 Å². The monoisotopic (exact) mass is 395 g/mol. The van der Waals surface area contributed by atoms with Gasteiger partial charge in [0.2, 0.25) is 5.91 Å². The second-order valence-corrected chi connectivity index (χ2v) is 7.24. The molecule has 1 fully saturated rings. The molecule has 0 bridgehead atoms. The second-order valence-electron chi connectivity index (χ2n) is 7.24. The third kappa shape index (κ3) is 4.93. The molecule has 2 aromatic carbocycles. The number of hydrogen-bond donors (Lipinski definition) is 2. The summed E-state index contributed by atoms with van der Waals surface area (Å²) in [5.41, 5.74) is 1.66. The number of morpholine rings is 1. The van der Waals surface area contributed by atoms with Crippen LogP contribution in [-0.2, 0) is 14.3 Å². The fraction of sp³-hybridized carbons (Fsp3) is 0.364. The summed E-state index contributed by atoms with van der Waals surface area (Å²) in [5, 5.41) is 5.89. The van der Waals surface area contributed by atoms with Gasteiger partial charge in [-0.15, -0.1) is 0 Å². The molecule has 0 radical (unpaired) electrons. The Morgan fingerprint density at radius 1 is 1.10 bits per heavy atom. The minimum absolute atomic E-state index is 0.0351. The lowest BCUT2D eigenvalue weighted by Crippen LogP contribution is -2.45. The van der Waals surface area contributed by atoms with Gasteiger partial charge in [0, 0.05) is 19.6 Å². The van der Waals surface area contributed by atoms with Crippen molar-refractivity contribution in [2.24, 2.45) is 0 Å². The molecule has 29 heavy (non-hydrogen) atoms. The van der Waals surface area contributed by atoms with Crippen molar-refractivity contribution in [2.75, 3.05) is 38.2 Å². The minimum Gasteiger partial charge on any atom is -0.478 e. The molecule has 0 unspecified atom stereocenters. The molecular weight excluding hydrogens is 370 g/mol. The molecule has 2 aliphatic rings. The lowest BCUT2D eigenvalue weighted by atomic mass is 10.1. The Bertz CT molecular complexity index is 852. The fourth-order valence-electron chi connectivity index (χ4n) is 3.61. The first-order valence-electron chi connectivity index (χ1n) is 9.90. The predicted octanol–water partition coefficient (Wildman–Crippen LogP) is 1.97. The number of para-hydroxylation sites is 2. The molecule has 7 heteroatoms. The van der Waals surface area contributed by atoms with Crippen LogP contribution in [0.5, 0.6) is 5.75 Å². The normalized spacial score (nSPS) is 20.1. The number of carbonyl (C=O) groups excluding carboxylic acids is 2. The number of nitrogens with one attached hydrogen (secondary N) is 2. The highest BCUT2D eigenvalue weighted by atomic mass is 16.5. The Morgan fingerprint density at radius 3 is 2.62 bits per heavy atom. The number of carbonyl (C=O) groups is 2. The lowest BCUT2D eigenvalue weighted by Gasteiger charge is -2.31. The first kappa shape index (κ1) is 19.4. The van der Waals surface area contributed by atoms with E-state index >= 15 is 0 Å². The van der Waals surface area contributed by atoms with Crippen LogP contribution < -0.4 is 15.4 Å². The molecule has 4 rings (SSSR count). The summed E-state index contributed by atoms with van der Waals surface area (Å²) in [4.78, 5) is 27.4. The smallest absolute Gasteiger partial charge is 0.266 e. The molecule has 2 aliphatic heterocycles. The van der Waals surface area contributed by atoms with Crippen LogP contribution in [0.25, 0.3) is 0 Å². The zero-order valence-corrected chi connectivity index (χ0v) is 16.2. The van der Waals surface area contributed by atoms with Crippen LogP contribution in [0.2, 0.25) is 0 Å². The number of nitrogens with zero attached hydrogens (tertiary/aromatic N) is 1. The number of hydrogen-bond acceptors (Lipinski definition) is 5. The first-order chi connectivity index (χ1) is 14.2. The Balaban J connectivity index is 1.41. The maximum absolute atomic E-state index is 12.8. The van der Waals surface area contributed by atoms with Crippen molar-refractivity contribution in [3.8, 4) is 5.75 Å². The van der Waals surface area contributed by atoms with Gasteiger partial charge in [-0.25, -0.2) is 0 Å². The van der Waals surface area contributed by atoms with Crippen LogP contribution in [-0.4, -0.2) is 55.7 Å². The quantitative estimate of drug-likeness (QED) is 0.782. The van der Waals surface area contributed by atoms with Crippen molar-refractivity contribution in [1.29, 1.82) is 0 Å². The van der Waals surface area contributed by atoms with Crippen molar-refractivity contribution in [3.63, 3.8) is 0 Å². The summed E-state index contributed by atoms with van der Waals surface area (Å²) in [6.45, 7) is 3.77. The van der Waals surface area contributed by atoms with Crippen LogP contribution in [0.3, 0.4) is 0 Å². The molecule has 2 amide bonds. The summed E-state index contributed by atoms with van der Waals surface area (Å²) in [6, 6.07) is 16.9. The number of fused-ring (bicyclic) bond motifs is 1. The largest absolute Gasteiger partial charge is 0.478 e. The van der Waals surface area contributed by atoms with Gasteiger partial charge < -0.3 is 20.1 Å². The van der Waals surface area contributed by atoms with Gasteiger partial charge in [-0.1, -0.05) is 42.5 Å². The zero-order valence-electron chi connectivity index (χ0n) is 16.2. The Kier molecular flexibility index (Phi) is 6.07. The molecule has 7 nitrogen and oxygen atoms in total. The highest BCUT2D eigenvalue weighted by Gasteiger charge is 2.30. The summed E-state index contributed by atoms with van der Waals surface area (Å²) in [6.07, 6.45) is -0.878. The number of benzene rings is 2. The molecule has 0 aromatic heterocycles. The summed E-state index contributed by atoms with van der Waals surface area (Å²) in [7, 11) is 0. The third-order valence-electron chi connectivity index (χ3n) is 5.16. The highest BCUT2D eigenvalue weighted by molar-refractivity contribution is 5.99. The molecule has 2 aromatic rings. The van der Waals surface area contributed by atoms with Gasteiger partial charge in [0.25, 0.3) is 5.91 Å². The van der Waals surface area contributed by atoms with E-state index < -0.39 is 6.10 Å². The molecule has 0 aliphatic carbocycles. The average Bonchev–Trinajstić information content (AvgIpc) is 2.75. The van der Waals surface area contributed by atoms with E-state index in [0.29, 0.717) is 31.2 Å². The van der Waals surface area contributed by atoms with Crippen LogP contribution in [0.15, 0.2) is 54.6 Å². The van der Waals surface area contributed by atoms with Crippen LogP contribution in [0, 0.1) is 0 Å². The summed E-state index contributed by atoms with van der Waals surface area (Å²) >= 11 is 0. The Morgan fingerprint density at radius 2 is 1.83 bits per heavy atom. The van der Waals surface area contributed by atoms with E-state index in [1.54, 1.807) is 12.1 Å². The van der Waals surface area contributed by atoms with Crippen LogP contribution >= 0.6 is 0 Å². The van der Waals surface area contributed by atoms with E-state index in [1.807, 2.05) is 42.5 Å². The SMILES string of the molecule is O=C(C[C@H]1Oc2ccccc2NC1=O)N[C@H](CN1CCOCC1)c1ccccc1. The molecule has 2 N–H and O–H groups in total. The number of anilines is 1. The molecule has 0 saturated carbocycles. The maximum atomic E-state index is 12.8. The molecule has 0 spiro atoms. The maximum Gasteiger partial charge on any atom is 0.266 e. The standard InChI is InChI=1S/C22H25N3O4/c26-21(14-20-22(27)24-17-8-4-5-9-19(17)29-20)23-18(16-6-2-1-3-7-16)15-25-10-12-28-13-11-25/h1-9,18,20H,10-15H2,(H,23,26)(H,24,27)/t18-,20-/m1/s1. The van der Waals surface area contributed by atoms with Gasteiger partial charge in [0.05, 0.1) is 31.4 Å². The molecule has 1 saturated heterocycles. The minimum atomic E-state index is -0.843. The van der Waals surface area contributed by atoms with E-state index in [9.17, 15) is 9.59 Å². The summed E-state index contributed by atoms with van der Waals surface area (Å²) in [5.74, 6) is 0.0627. The summed E-state index contributed by atoms with van der Waals surface area (Å²) < 4.78 is 11.2. The van der Waals surface area contributed by atoms with Crippen molar-refractivity contribution in [1.82, 2.24) is 10.2 Å². The van der Waals surface area contributed by atoms with Gasteiger partial charge in [-0.3, -0.25) is 14.5 Å². The number of rotatable bonds is 6. The fourth-order valence-corrected chi connectivity index (χ4v) is 3.61. The van der Waals surface area contributed by atoms with E-state index in [4.69, 9.17) is 9.47 Å². The number of amides is 2. The topological polar surface area (TPSA) is 79.9 Å². The van der Waals surface area contributed by atoms with Crippen molar-refractivity contribution >= 4 is 17.5 Å². The zero-order chi connectivity index (χ0) is 20.1. The first-order valence-corrected chi connectivity index (χ1v) is 9.90. The average molecular weight is 395 g/mol. The predicted molar refractivity (Wildman–Crippen MR) is 109 cm³/mol. The van der Waals surface area contributed by atoms with Crippen molar-refractivity contribution in [2.45, 2.75) is 18.6 Å². The van der Waals surface area contributed by atoms with Gasteiger partial charge >= 0.3 is 0 Å². The van der Waals surface area contributed by atoms with Gasteiger partial charge in [0.1, 0.15) is 5.75 Å². The second kappa shape index (κ2) is 9.07. The molecular formula is C22H25N3O4. The van der Waals surface area contributed by atoms with Crippen molar-refractivity contribution in [3.05, 3.63) is 60.2 Å². The highest BCUT2D eigenvalue weighted by Crippen LogP contribution is 2.29. The van der Waals surface area contributed by atoms with Crippen molar-refractivity contribution < 1.29 is 19.1 Å². The number of ether oxygens (including phenoxy) is 2. The van der Waals surface area contributed by atoms with E-state index in [1.165, 1.54) is 0 Å². The van der Waals surface area contributed by atoms with Crippen LogP contribution in [0.4, 0.5) is 5.69 Å². The van der Waals surface area contributed by atoms with E-state index in [0.717, 1.165) is 18.7 Å². The molecule has 2 heterocycles. The Labute approximate surface area is 170 Å². The Hall–Kier alpha value is -2.90. The molecule has 152 valence electrons. The van der Waals surface area contributed by atoms with E-state index in [2.05, 4.69) is 15.5 Å². The van der Waals surface area contributed by atoms with E-state index in [-0.39, 0.29) is 24.3 Å². The van der Waals surface area contributed by atoms with Crippen LogP contribution in [0.1, 0.15) is 18.0 Å². The lowest BCUT2D eigenvalue weighted by molar-refractivity contribution is -0.131. The van der Waals surface area contributed by atoms with Gasteiger partial charge in [0.15, 0.2) is 6.10 Å². The third-order valence-corrected chi connectivity index (χ3v) is 5.16. The molecule has 2 atom stereocenters. The van der Waals surface area contributed by atoms with Gasteiger partial charge in [-0.2, -0.15) is 0 Å².